The van der Waals surface area contributed by atoms with Gasteiger partial charge in [-0.05, 0) is 25.4 Å². The number of thioether (sulfide) groups is 1. The zero-order valence-corrected chi connectivity index (χ0v) is 20.7. The Labute approximate surface area is 211 Å². The first-order valence-corrected chi connectivity index (χ1v) is 12.5. The van der Waals surface area contributed by atoms with Gasteiger partial charge >= 0.3 is 5.97 Å². The number of nitrogens with zero attached hydrogens (tertiary/aromatic N) is 2. The molecule has 15 heteroatoms. The first-order chi connectivity index (χ1) is 17.1. The highest BCUT2D eigenvalue weighted by Gasteiger charge is 2.32. The number of H-pyrrole nitrogens is 2. The molecule has 14 nitrogen and oxygen atoms in total. The highest BCUT2D eigenvalue weighted by Crippen LogP contribution is 2.06. The molecule has 0 bridgehead atoms. The van der Waals surface area contributed by atoms with E-state index in [2.05, 4.69) is 35.9 Å². The fourth-order valence-corrected chi connectivity index (χ4v) is 3.72. The summed E-state index contributed by atoms with van der Waals surface area (Å²) in [5, 5.41) is 26.4. The number of carbonyl (C=O) groups is 4. The van der Waals surface area contributed by atoms with Crippen LogP contribution in [0.4, 0.5) is 0 Å². The molecule has 0 saturated carbocycles. The Morgan fingerprint density at radius 1 is 0.972 bits per heavy atom. The van der Waals surface area contributed by atoms with E-state index in [-0.39, 0.29) is 19.3 Å². The van der Waals surface area contributed by atoms with E-state index in [0.29, 0.717) is 17.1 Å². The predicted molar refractivity (Wildman–Crippen MR) is 131 cm³/mol. The molecule has 0 fully saturated rings. The van der Waals surface area contributed by atoms with Crippen LogP contribution >= 0.6 is 11.8 Å². The van der Waals surface area contributed by atoms with Crippen molar-refractivity contribution in [2.24, 2.45) is 5.73 Å². The van der Waals surface area contributed by atoms with Gasteiger partial charge in [-0.2, -0.15) is 11.8 Å². The third-order valence-corrected chi connectivity index (χ3v) is 5.88. The van der Waals surface area contributed by atoms with Gasteiger partial charge in [-0.25, -0.2) is 14.8 Å². The Hall–Kier alpha value is -3.43. The van der Waals surface area contributed by atoms with Crippen LogP contribution in [0.25, 0.3) is 0 Å². The maximum atomic E-state index is 13.2. The van der Waals surface area contributed by atoms with Gasteiger partial charge in [-0.1, -0.05) is 0 Å². The summed E-state index contributed by atoms with van der Waals surface area (Å²) in [6, 6.07) is -4.74. The average molecular weight is 525 g/mol. The molecule has 2 heterocycles. The van der Waals surface area contributed by atoms with Crippen LogP contribution in [0, 0.1) is 0 Å². The topological polar surface area (TPSA) is 228 Å². The highest BCUT2D eigenvalue weighted by molar-refractivity contribution is 7.98. The number of nitrogens with two attached hydrogens (primary N) is 1. The molecule has 0 aliphatic carbocycles. The van der Waals surface area contributed by atoms with E-state index < -0.39 is 54.0 Å². The normalized spacial score (nSPS) is 15.2. The number of nitrogens with one attached hydrogen (secondary N) is 5. The Morgan fingerprint density at radius 3 is 2.03 bits per heavy atom. The Bertz CT molecular complexity index is 985. The van der Waals surface area contributed by atoms with Gasteiger partial charge < -0.3 is 41.9 Å². The van der Waals surface area contributed by atoms with E-state index in [4.69, 9.17) is 5.73 Å². The molecule has 5 atom stereocenters. The molecular formula is C21H32N8O6S. The molecule has 198 valence electrons. The number of aliphatic hydroxyl groups is 1. The van der Waals surface area contributed by atoms with Gasteiger partial charge in [0, 0.05) is 36.6 Å². The summed E-state index contributed by atoms with van der Waals surface area (Å²) >= 11 is 1.43. The summed E-state index contributed by atoms with van der Waals surface area (Å²) in [5.41, 5.74) is 7.20. The van der Waals surface area contributed by atoms with E-state index >= 15 is 0 Å². The van der Waals surface area contributed by atoms with Crippen LogP contribution < -0.4 is 21.7 Å². The number of hydrogen-bond acceptors (Lipinski definition) is 9. The van der Waals surface area contributed by atoms with Crippen molar-refractivity contribution in [2.75, 3.05) is 12.0 Å². The lowest BCUT2D eigenvalue weighted by Crippen LogP contribution is -2.59. The van der Waals surface area contributed by atoms with Crippen LogP contribution in [0.1, 0.15) is 24.7 Å². The molecule has 9 N–H and O–H groups in total. The molecule has 0 aliphatic heterocycles. The number of rotatable bonds is 15. The number of imidazole rings is 2. The molecule has 0 aromatic carbocycles. The molecule has 2 aromatic heterocycles. The largest absolute Gasteiger partial charge is 0.480 e. The van der Waals surface area contributed by atoms with E-state index in [0.717, 1.165) is 0 Å². The van der Waals surface area contributed by atoms with Crippen LogP contribution in [0.3, 0.4) is 0 Å². The second kappa shape index (κ2) is 14.2. The lowest BCUT2D eigenvalue weighted by atomic mass is 10.1. The van der Waals surface area contributed by atoms with Crippen molar-refractivity contribution in [3.63, 3.8) is 0 Å². The highest BCUT2D eigenvalue weighted by atomic mass is 32.2. The van der Waals surface area contributed by atoms with Crippen LogP contribution in [0.2, 0.25) is 0 Å². The number of aliphatic hydroxyl groups excluding tert-OH is 1. The molecule has 3 amide bonds. The number of aromatic nitrogens is 4. The number of aromatic amines is 2. The quantitative estimate of drug-likeness (QED) is 0.127. The van der Waals surface area contributed by atoms with E-state index in [9.17, 15) is 29.4 Å². The predicted octanol–water partition coefficient (Wildman–Crippen LogP) is -2.08. The number of carboxylic acid groups (broad SMARTS) is 1. The Balaban J connectivity index is 2.15. The summed E-state index contributed by atoms with van der Waals surface area (Å²) in [6.07, 6.45) is 6.77. The van der Waals surface area contributed by atoms with Gasteiger partial charge in [0.05, 0.1) is 24.8 Å². The van der Waals surface area contributed by atoms with E-state index in [1.54, 1.807) is 0 Å². The zero-order valence-electron chi connectivity index (χ0n) is 19.9. The van der Waals surface area contributed by atoms with Crippen molar-refractivity contribution in [1.82, 2.24) is 35.9 Å². The van der Waals surface area contributed by atoms with Crippen molar-refractivity contribution in [3.05, 3.63) is 36.4 Å². The monoisotopic (exact) mass is 524 g/mol. The molecular weight excluding hydrogens is 492 g/mol. The van der Waals surface area contributed by atoms with Crippen LogP contribution in [0.15, 0.2) is 25.0 Å². The second-order valence-electron chi connectivity index (χ2n) is 8.14. The molecule has 0 spiro atoms. The fraction of sp³-hybridized carbons (Fsp3) is 0.524. The Kier molecular flexibility index (Phi) is 11.4. The van der Waals surface area contributed by atoms with Gasteiger partial charge in [-0.15, -0.1) is 0 Å². The van der Waals surface area contributed by atoms with Gasteiger partial charge in [0.15, 0.2) is 6.04 Å². The molecule has 2 aromatic rings. The van der Waals surface area contributed by atoms with Gasteiger partial charge in [0.25, 0.3) is 0 Å². The first-order valence-electron chi connectivity index (χ1n) is 11.1. The van der Waals surface area contributed by atoms with Crippen molar-refractivity contribution in [2.45, 2.75) is 56.5 Å². The van der Waals surface area contributed by atoms with Gasteiger partial charge in [-0.3, -0.25) is 14.4 Å². The smallest absolute Gasteiger partial charge is 0.328 e. The summed E-state index contributed by atoms with van der Waals surface area (Å²) in [4.78, 5) is 63.6. The molecule has 0 saturated heterocycles. The number of carbonyl (C=O) groups excluding carboxylic acids is 3. The van der Waals surface area contributed by atoms with Gasteiger partial charge in [0.1, 0.15) is 12.1 Å². The maximum Gasteiger partial charge on any atom is 0.328 e. The van der Waals surface area contributed by atoms with Crippen LogP contribution in [-0.4, -0.2) is 96.1 Å². The fourth-order valence-electron chi connectivity index (χ4n) is 3.25. The SMILES string of the molecule is CSCCC(NC(=O)C(Cc1cnc[nH]1)NC(=O)C(N)Cc1cnc[nH]1)C(=O)NC(C(=O)O)C(C)O. The van der Waals surface area contributed by atoms with Crippen molar-refractivity contribution < 1.29 is 29.4 Å². The van der Waals surface area contributed by atoms with Crippen LogP contribution in [-0.2, 0) is 32.0 Å². The minimum Gasteiger partial charge on any atom is -0.480 e. The second-order valence-corrected chi connectivity index (χ2v) is 9.12. The van der Waals surface area contributed by atoms with Crippen molar-refractivity contribution >= 4 is 35.5 Å². The Morgan fingerprint density at radius 2 is 1.53 bits per heavy atom. The molecule has 0 aliphatic rings. The van der Waals surface area contributed by atoms with Gasteiger partial charge in [0.2, 0.25) is 17.7 Å². The number of carboxylic acids is 1. The minimum atomic E-state index is -1.55. The van der Waals surface area contributed by atoms with Crippen molar-refractivity contribution in [1.29, 1.82) is 0 Å². The molecule has 5 unspecified atom stereocenters. The minimum absolute atomic E-state index is 0.0383. The lowest BCUT2D eigenvalue weighted by Gasteiger charge is -2.25. The van der Waals surface area contributed by atoms with E-state index in [1.165, 1.54) is 43.7 Å². The summed E-state index contributed by atoms with van der Waals surface area (Å²) in [5.74, 6) is -2.96. The summed E-state index contributed by atoms with van der Waals surface area (Å²) < 4.78 is 0. The number of amides is 3. The molecule has 36 heavy (non-hydrogen) atoms. The van der Waals surface area contributed by atoms with E-state index in [1.807, 2.05) is 6.26 Å². The average Bonchev–Trinajstić information content (AvgIpc) is 3.53. The third-order valence-electron chi connectivity index (χ3n) is 5.23. The number of hydrogen-bond donors (Lipinski definition) is 8. The molecule has 0 radical (unpaired) electrons. The summed E-state index contributed by atoms with van der Waals surface area (Å²) in [7, 11) is 0. The third kappa shape index (κ3) is 8.98. The summed E-state index contributed by atoms with van der Waals surface area (Å²) in [6.45, 7) is 1.23. The van der Waals surface area contributed by atoms with Crippen LogP contribution in [0.5, 0.6) is 0 Å². The lowest BCUT2D eigenvalue weighted by molar-refractivity contribution is -0.145. The molecule has 2 rings (SSSR count). The zero-order chi connectivity index (χ0) is 26.7. The first kappa shape index (κ1) is 28.8. The number of aliphatic carboxylic acids is 1. The van der Waals surface area contributed by atoms with Crippen molar-refractivity contribution in [3.8, 4) is 0 Å². The maximum absolute atomic E-state index is 13.2. The standard InChI is InChI=1S/C21H32N8O6S/c1-11(30)17(21(34)35)29-19(32)15(3-4-36-2)27-20(33)16(6-13-8-24-10-26-13)28-18(31)14(22)5-12-7-23-9-25-12/h7-11,14-17,30H,3-6,22H2,1-2H3,(H,23,25)(H,24,26)(H,27,33)(H,28,31)(H,29,32)(H,34,35).